The maximum atomic E-state index is 12.1. The molecule has 0 spiro atoms. The van der Waals surface area contributed by atoms with Crippen molar-refractivity contribution in [1.29, 1.82) is 0 Å². The molecule has 1 heterocycles. The van der Waals surface area contributed by atoms with Gasteiger partial charge in [0, 0.05) is 13.1 Å². The van der Waals surface area contributed by atoms with Crippen LogP contribution in [0.15, 0.2) is 18.2 Å². The number of aromatic carboxylic acids is 1. The van der Waals surface area contributed by atoms with Crippen LogP contribution in [0.5, 0.6) is 5.75 Å². The molecule has 20 heavy (non-hydrogen) atoms. The second kappa shape index (κ2) is 6.13. The van der Waals surface area contributed by atoms with Gasteiger partial charge in [0.2, 0.25) is 0 Å². The number of benzene rings is 1. The molecule has 1 aromatic rings. The van der Waals surface area contributed by atoms with Gasteiger partial charge in [0.25, 0.3) is 5.91 Å². The maximum Gasteiger partial charge on any atom is 0.337 e. The average Bonchev–Trinajstić information content (AvgIpc) is 2.93. The number of carboxylic acids is 1. The highest BCUT2D eigenvalue weighted by Gasteiger charge is 2.24. The fraction of sp³-hybridized carbons (Fsp3) is 0.429. The molecule has 0 radical (unpaired) electrons. The van der Waals surface area contributed by atoms with Gasteiger partial charge in [-0.05, 0) is 38.0 Å². The third kappa shape index (κ3) is 3.22. The minimum absolute atomic E-state index is 0.0370. The summed E-state index contributed by atoms with van der Waals surface area (Å²) in [4.78, 5) is 24.8. The summed E-state index contributed by atoms with van der Waals surface area (Å²) in [6.07, 6.45) is 1.39. The number of carbonyl (C=O) groups is 2. The molecule has 1 aromatic carbocycles. The summed E-state index contributed by atoms with van der Waals surface area (Å²) in [6.45, 7) is 3.18. The molecule has 1 saturated heterocycles. The molecule has 0 aromatic heterocycles. The molecule has 5 nitrogen and oxygen atoms in total. The van der Waals surface area contributed by atoms with E-state index in [0.717, 1.165) is 25.9 Å². The van der Waals surface area contributed by atoms with Crippen molar-refractivity contribution in [2.24, 2.45) is 0 Å². The van der Waals surface area contributed by atoms with E-state index in [4.69, 9.17) is 21.4 Å². The van der Waals surface area contributed by atoms with E-state index in [-0.39, 0.29) is 16.5 Å². The zero-order valence-corrected chi connectivity index (χ0v) is 11.9. The Bertz CT molecular complexity index is 526. The smallest absolute Gasteiger partial charge is 0.337 e. The van der Waals surface area contributed by atoms with Gasteiger partial charge in [-0.2, -0.15) is 0 Å². The summed E-state index contributed by atoms with van der Waals surface area (Å²) in [7, 11) is 0. The van der Waals surface area contributed by atoms with Crippen LogP contribution in [-0.4, -0.2) is 41.1 Å². The molecule has 1 fully saturated rings. The van der Waals surface area contributed by atoms with Gasteiger partial charge in [-0.3, -0.25) is 4.79 Å². The van der Waals surface area contributed by atoms with E-state index >= 15 is 0 Å². The Morgan fingerprint density at radius 3 is 2.60 bits per heavy atom. The van der Waals surface area contributed by atoms with Crippen molar-refractivity contribution in [3.05, 3.63) is 28.8 Å². The standard InChI is InChI=1S/C14H16ClNO4/c1-9(13(17)16-6-2-3-7-16)20-10-4-5-12(15)11(8-10)14(18)19/h4-5,8-9H,2-3,6-7H2,1H3,(H,18,19). The topological polar surface area (TPSA) is 66.8 Å². The predicted octanol–water partition coefficient (Wildman–Crippen LogP) is 2.43. The Hall–Kier alpha value is -1.75. The maximum absolute atomic E-state index is 12.1. The number of likely N-dealkylation sites (tertiary alicyclic amines) is 1. The average molecular weight is 298 g/mol. The molecule has 1 atom stereocenters. The van der Waals surface area contributed by atoms with E-state index in [1.54, 1.807) is 17.9 Å². The van der Waals surface area contributed by atoms with Crippen molar-refractivity contribution < 1.29 is 19.4 Å². The molecule has 1 N–H and O–H groups in total. The molecule has 2 rings (SSSR count). The van der Waals surface area contributed by atoms with Crippen LogP contribution in [-0.2, 0) is 4.79 Å². The van der Waals surface area contributed by atoms with Gasteiger partial charge < -0.3 is 14.7 Å². The minimum atomic E-state index is -1.13. The Kier molecular flexibility index (Phi) is 4.49. The Balaban J connectivity index is 2.07. The van der Waals surface area contributed by atoms with Crippen molar-refractivity contribution in [3.63, 3.8) is 0 Å². The van der Waals surface area contributed by atoms with Gasteiger partial charge in [0.1, 0.15) is 5.75 Å². The summed E-state index contributed by atoms with van der Waals surface area (Å²) < 4.78 is 5.52. The lowest BCUT2D eigenvalue weighted by molar-refractivity contribution is -0.136. The highest BCUT2D eigenvalue weighted by Crippen LogP contribution is 2.23. The van der Waals surface area contributed by atoms with E-state index in [1.807, 2.05) is 0 Å². The van der Waals surface area contributed by atoms with Crippen LogP contribution in [0.2, 0.25) is 5.02 Å². The number of hydrogen-bond acceptors (Lipinski definition) is 3. The molecule has 0 bridgehead atoms. The first-order chi connectivity index (χ1) is 9.49. The lowest BCUT2D eigenvalue weighted by Crippen LogP contribution is -2.38. The third-order valence-electron chi connectivity index (χ3n) is 3.25. The minimum Gasteiger partial charge on any atom is -0.481 e. The first-order valence-corrected chi connectivity index (χ1v) is 6.85. The molecular weight excluding hydrogens is 282 g/mol. The van der Waals surface area contributed by atoms with E-state index in [1.165, 1.54) is 12.1 Å². The lowest BCUT2D eigenvalue weighted by Gasteiger charge is -2.21. The van der Waals surface area contributed by atoms with Crippen LogP contribution in [0.1, 0.15) is 30.1 Å². The van der Waals surface area contributed by atoms with Crippen LogP contribution in [0, 0.1) is 0 Å². The molecule has 0 aliphatic carbocycles. The SMILES string of the molecule is CC(Oc1ccc(Cl)c(C(=O)O)c1)C(=O)N1CCCC1. The second-order valence-electron chi connectivity index (χ2n) is 4.74. The van der Waals surface area contributed by atoms with Gasteiger partial charge in [-0.1, -0.05) is 11.6 Å². The quantitative estimate of drug-likeness (QED) is 0.927. The van der Waals surface area contributed by atoms with Crippen molar-refractivity contribution in [2.75, 3.05) is 13.1 Å². The van der Waals surface area contributed by atoms with Crippen molar-refractivity contribution in [3.8, 4) is 5.75 Å². The molecular formula is C14H16ClNO4. The van der Waals surface area contributed by atoms with Gasteiger partial charge in [-0.25, -0.2) is 4.79 Å². The number of halogens is 1. The van der Waals surface area contributed by atoms with Gasteiger partial charge >= 0.3 is 5.97 Å². The first kappa shape index (κ1) is 14.7. The van der Waals surface area contributed by atoms with Crippen LogP contribution in [0.3, 0.4) is 0 Å². The van der Waals surface area contributed by atoms with Gasteiger partial charge in [0.05, 0.1) is 10.6 Å². The molecule has 1 unspecified atom stereocenters. The fourth-order valence-corrected chi connectivity index (χ4v) is 2.39. The van der Waals surface area contributed by atoms with E-state index in [2.05, 4.69) is 0 Å². The van der Waals surface area contributed by atoms with Gasteiger partial charge in [-0.15, -0.1) is 0 Å². The van der Waals surface area contributed by atoms with Crippen molar-refractivity contribution in [1.82, 2.24) is 4.90 Å². The highest BCUT2D eigenvalue weighted by atomic mass is 35.5. The van der Waals surface area contributed by atoms with E-state index < -0.39 is 12.1 Å². The number of ether oxygens (including phenoxy) is 1. The zero-order chi connectivity index (χ0) is 14.7. The summed E-state index contributed by atoms with van der Waals surface area (Å²) in [6, 6.07) is 4.34. The van der Waals surface area contributed by atoms with Crippen molar-refractivity contribution in [2.45, 2.75) is 25.9 Å². The molecule has 0 saturated carbocycles. The number of carboxylic acid groups (broad SMARTS) is 1. The van der Waals surface area contributed by atoms with Gasteiger partial charge in [0.15, 0.2) is 6.10 Å². The normalized spacial score (nSPS) is 16.0. The lowest BCUT2D eigenvalue weighted by atomic mass is 10.2. The number of carbonyl (C=O) groups excluding carboxylic acids is 1. The van der Waals surface area contributed by atoms with Crippen molar-refractivity contribution >= 4 is 23.5 Å². The Labute approximate surface area is 122 Å². The summed E-state index contributed by atoms with van der Waals surface area (Å²) in [5.41, 5.74) is -0.0370. The number of amides is 1. The fourth-order valence-electron chi connectivity index (χ4n) is 2.19. The molecule has 6 heteroatoms. The van der Waals surface area contributed by atoms with E-state index in [9.17, 15) is 9.59 Å². The predicted molar refractivity (Wildman–Crippen MR) is 74.3 cm³/mol. The number of nitrogens with zero attached hydrogens (tertiary/aromatic N) is 1. The molecule has 1 amide bonds. The third-order valence-corrected chi connectivity index (χ3v) is 3.58. The zero-order valence-electron chi connectivity index (χ0n) is 11.1. The van der Waals surface area contributed by atoms with Crippen LogP contribution >= 0.6 is 11.6 Å². The number of rotatable bonds is 4. The highest BCUT2D eigenvalue weighted by molar-refractivity contribution is 6.33. The Morgan fingerprint density at radius 1 is 1.35 bits per heavy atom. The number of hydrogen-bond donors (Lipinski definition) is 1. The van der Waals surface area contributed by atoms with Crippen LogP contribution in [0.25, 0.3) is 0 Å². The van der Waals surface area contributed by atoms with Crippen LogP contribution in [0.4, 0.5) is 0 Å². The second-order valence-corrected chi connectivity index (χ2v) is 5.15. The summed E-state index contributed by atoms with van der Waals surface area (Å²) >= 11 is 5.78. The molecule has 1 aliphatic heterocycles. The largest absolute Gasteiger partial charge is 0.481 e. The summed E-state index contributed by atoms with van der Waals surface area (Å²) in [5.74, 6) is -0.875. The molecule has 108 valence electrons. The monoisotopic (exact) mass is 297 g/mol. The van der Waals surface area contributed by atoms with Crippen LogP contribution < -0.4 is 4.74 Å². The summed E-state index contributed by atoms with van der Waals surface area (Å²) in [5, 5.41) is 9.13. The molecule has 1 aliphatic rings. The van der Waals surface area contributed by atoms with E-state index in [0.29, 0.717) is 5.75 Å². The Morgan fingerprint density at radius 2 is 2.00 bits per heavy atom. The first-order valence-electron chi connectivity index (χ1n) is 6.47.